The molecule has 1 saturated carbocycles. The van der Waals surface area contributed by atoms with Crippen LogP contribution in [0.5, 0.6) is 0 Å². The molecule has 2 N–H and O–H groups in total. The smallest absolute Gasteiger partial charge is 0.366 e. The standard InChI is InChI=1S/C68H102N2O34/c1-30(71)69-48-44(90-34(5)75)26-68(63(85)86-23,102-54(48)51(92-36(7)77)45(91-35(6)76)27-87-32(3)73)101-43-25-41(58(82)104-67(20,21)22)40(57(81)103-66(17,18)19)24-42(43)96-59-49(70-31(2)72)53(50(100-62(84)65(14,15)16)47(97-59)29-89-61(83)64(11,12)13)99-60-56(95-39(10)80)55(94-38(9)79)52(93-37(8)78)46(98-60)28-88-33(4)74/h40-56,59-60H,24-29H2,1-23H3,(H,69,71)(H,70,72)/t40-,41-,42-,43+,44-,45+,46+,47+,48+,49+,50-,51+,52-,53+,54+,55-,56+,59+,60-,68+/m0/s1. The molecule has 0 unspecified atom stereocenters. The minimum atomic E-state index is -3.11. The second-order valence-corrected chi connectivity index (χ2v) is 29.4. The fourth-order valence-electron chi connectivity index (χ4n) is 11.6. The van der Waals surface area contributed by atoms with Gasteiger partial charge in [-0.1, -0.05) is 0 Å². The molecule has 20 atom stereocenters. The van der Waals surface area contributed by atoms with Gasteiger partial charge in [0.1, 0.15) is 67.6 Å². The highest BCUT2D eigenvalue weighted by Crippen LogP contribution is 2.45. The molecule has 3 saturated heterocycles. The fourth-order valence-corrected chi connectivity index (χ4v) is 11.6. The quantitative estimate of drug-likeness (QED) is 0.0926. The van der Waals surface area contributed by atoms with E-state index in [0.717, 1.165) is 76.3 Å². The highest BCUT2D eigenvalue weighted by Gasteiger charge is 2.64. The Morgan fingerprint density at radius 3 is 1.36 bits per heavy atom. The van der Waals surface area contributed by atoms with Crippen LogP contribution in [-0.2, 0) is 162 Å². The molecule has 588 valence electrons. The Labute approximate surface area is 602 Å². The summed E-state index contributed by atoms with van der Waals surface area (Å²) in [4.78, 5) is 205. The van der Waals surface area contributed by atoms with Gasteiger partial charge >= 0.3 is 77.6 Å². The van der Waals surface area contributed by atoms with Gasteiger partial charge in [-0.15, -0.1) is 0 Å². The molecule has 4 fully saturated rings. The van der Waals surface area contributed by atoms with Crippen molar-refractivity contribution in [2.24, 2.45) is 22.7 Å². The molecule has 36 heteroatoms. The molecule has 0 aromatic carbocycles. The summed E-state index contributed by atoms with van der Waals surface area (Å²) in [5.41, 5.74) is -5.24. The maximum absolute atomic E-state index is 15.2. The Balaban J connectivity index is 2.28. The fraction of sp³-hybridized carbons (Fsp3) is 0.779. The van der Waals surface area contributed by atoms with Gasteiger partial charge in [-0.3, -0.25) is 67.1 Å². The Morgan fingerprint density at radius 1 is 0.452 bits per heavy atom. The summed E-state index contributed by atoms with van der Waals surface area (Å²) in [6, 6.07) is -3.72. The third-order valence-corrected chi connectivity index (χ3v) is 15.5. The minimum Gasteiger partial charge on any atom is -0.465 e. The zero-order valence-electron chi connectivity index (χ0n) is 63.1. The molecule has 36 nitrogen and oxygen atoms in total. The maximum Gasteiger partial charge on any atom is 0.366 e. The summed E-state index contributed by atoms with van der Waals surface area (Å²) >= 11 is 0. The third kappa shape index (κ3) is 26.1. The number of rotatable bonds is 26. The van der Waals surface area contributed by atoms with Crippen LogP contribution in [0.1, 0.15) is 172 Å². The first-order chi connectivity index (χ1) is 47.8. The van der Waals surface area contributed by atoms with Gasteiger partial charge in [0.25, 0.3) is 5.79 Å². The van der Waals surface area contributed by atoms with E-state index in [0.29, 0.717) is 0 Å². The van der Waals surface area contributed by atoms with Crippen molar-refractivity contribution in [2.75, 3.05) is 26.9 Å². The lowest BCUT2D eigenvalue weighted by molar-refractivity contribution is -0.362. The molecule has 3 aliphatic heterocycles. The van der Waals surface area contributed by atoms with E-state index in [9.17, 15) is 67.1 Å². The summed E-state index contributed by atoms with van der Waals surface area (Å²) in [6.45, 7) is 25.2. The summed E-state index contributed by atoms with van der Waals surface area (Å²) in [7, 11) is 0.866. The Bertz CT molecular complexity index is 3140. The lowest BCUT2D eigenvalue weighted by Gasteiger charge is -2.52. The van der Waals surface area contributed by atoms with Crippen molar-refractivity contribution in [1.82, 2.24) is 10.6 Å². The van der Waals surface area contributed by atoms with Crippen LogP contribution in [0.3, 0.4) is 0 Å². The lowest BCUT2D eigenvalue weighted by atomic mass is 9.75. The molecule has 0 aromatic heterocycles. The summed E-state index contributed by atoms with van der Waals surface area (Å²) in [6.07, 6.45) is -32.0. The van der Waals surface area contributed by atoms with E-state index in [-0.39, 0.29) is 0 Å². The van der Waals surface area contributed by atoms with Gasteiger partial charge in [0.15, 0.2) is 49.2 Å². The third-order valence-electron chi connectivity index (χ3n) is 15.5. The molecular weight excluding hydrogens is 1390 g/mol. The molecule has 1 aliphatic carbocycles. The highest BCUT2D eigenvalue weighted by molar-refractivity contribution is 5.84. The molecule has 4 aliphatic rings. The van der Waals surface area contributed by atoms with Crippen molar-refractivity contribution in [3.63, 3.8) is 0 Å². The molecule has 2 amide bonds. The van der Waals surface area contributed by atoms with Gasteiger partial charge < -0.3 is 101 Å². The molecule has 0 spiro atoms. The SMILES string of the molecule is COC(=O)[C@@]1(O[C@@H]2C[C@H](C(=O)OC(C)(C)C)[C@@H](C(=O)OC(C)(C)C)C[C@@H]2O[C@@H]2O[C@H](COC(=O)C(C)(C)C)[C@H](OC(=O)C(C)(C)C)[C@H](O[C@@H]3O[C@H](COC(C)=O)[C@H](OC(C)=O)[C@H](OC(C)=O)[C@H]3OC(C)=O)[C@H]2NC(C)=O)C[C@H](OC(C)=O)[C@@H](NC(C)=O)[C@H]([C@H](OC(C)=O)[C@@H](COC(C)=O)OC(C)=O)O1. The van der Waals surface area contributed by atoms with Crippen LogP contribution < -0.4 is 10.6 Å². The molecule has 104 heavy (non-hydrogen) atoms. The van der Waals surface area contributed by atoms with Crippen molar-refractivity contribution < 1.29 is 162 Å². The van der Waals surface area contributed by atoms with E-state index >= 15 is 4.79 Å². The average Bonchev–Trinajstić information content (AvgIpc) is 0.747. The Hall–Kier alpha value is -8.19. The molecular formula is C68H102N2O34. The van der Waals surface area contributed by atoms with Gasteiger partial charge in [0.2, 0.25) is 11.8 Å². The minimum absolute atomic E-state index is 0.761. The van der Waals surface area contributed by atoms with Crippen molar-refractivity contribution in [2.45, 2.75) is 293 Å². The van der Waals surface area contributed by atoms with Crippen LogP contribution in [0.4, 0.5) is 0 Å². The van der Waals surface area contributed by atoms with Gasteiger partial charge in [-0.25, -0.2) is 4.79 Å². The first kappa shape index (κ1) is 88.2. The predicted octanol–water partition coefficient (Wildman–Crippen LogP) is 2.23. The van der Waals surface area contributed by atoms with E-state index in [1.807, 2.05) is 0 Å². The summed E-state index contributed by atoms with van der Waals surface area (Å²) < 4.78 is 115. The van der Waals surface area contributed by atoms with Crippen LogP contribution >= 0.6 is 0 Å². The van der Waals surface area contributed by atoms with E-state index < -0.39 is 272 Å². The van der Waals surface area contributed by atoms with Crippen LogP contribution in [0.25, 0.3) is 0 Å². The summed E-state index contributed by atoms with van der Waals surface area (Å²) in [5, 5.41) is 5.23. The van der Waals surface area contributed by atoms with Crippen LogP contribution in [0.15, 0.2) is 0 Å². The number of methoxy groups -OCH3 is 1. The zero-order chi connectivity index (χ0) is 79.2. The highest BCUT2D eigenvalue weighted by atomic mass is 16.8. The zero-order valence-corrected chi connectivity index (χ0v) is 63.1. The number of hydrogen-bond donors (Lipinski definition) is 2. The van der Waals surface area contributed by atoms with Crippen molar-refractivity contribution in [3.05, 3.63) is 0 Å². The first-order valence-electron chi connectivity index (χ1n) is 33.5. The van der Waals surface area contributed by atoms with E-state index in [4.69, 9.17) is 90.0 Å². The summed E-state index contributed by atoms with van der Waals surface area (Å²) in [5.74, 6) is -22.0. The number of carbonyl (C=O) groups is 15. The Morgan fingerprint density at radius 2 is 0.904 bits per heavy atom. The number of hydrogen-bond acceptors (Lipinski definition) is 34. The number of nitrogens with one attached hydrogen (secondary N) is 2. The van der Waals surface area contributed by atoms with Crippen LogP contribution in [0, 0.1) is 22.7 Å². The molecule has 4 rings (SSSR count). The average molecular weight is 1490 g/mol. The molecule has 0 radical (unpaired) electrons. The van der Waals surface area contributed by atoms with Gasteiger partial charge in [-0.2, -0.15) is 0 Å². The van der Waals surface area contributed by atoms with E-state index in [1.165, 1.54) is 83.1 Å². The van der Waals surface area contributed by atoms with Crippen LogP contribution in [0.2, 0.25) is 0 Å². The van der Waals surface area contributed by atoms with Gasteiger partial charge in [-0.05, 0) is 95.9 Å². The molecule has 3 heterocycles. The molecule has 0 bridgehead atoms. The number of esters is 13. The number of amides is 2. The lowest BCUT2D eigenvalue weighted by Crippen LogP contribution is -2.71. The van der Waals surface area contributed by atoms with Crippen molar-refractivity contribution >= 4 is 89.4 Å². The first-order valence-corrected chi connectivity index (χ1v) is 33.5. The van der Waals surface area contributed by atoms with E-state index in [2.05, 4.69) is 10.6 Å². The second-order valence-electron chi connectivity index (χ2n) is 29.4. The predicted molar refractivity (Wildman–Crippen MR) is 346 cm³/mol. The maximum atomic E-state index is 15.2. The monoisotopic (exact) mass is 1490 g/mol. The normalized spacial score (nSPS) is 29.2. The Kier molecular flexibility index (Phi) is 31.1. The molecule has 0 aromatic rings. The van der Waals surface area contributed by atoms with Gasteiger partial charge in [0, 0.05) is 69.2 Å². The van der Waals surface area contributed by atoms with Crippen LogP contribution in [-0.4, -0.2) is 237 Å². The van der Waals surface area contributed by atoms with Crippen molar-refractivity contribution in [3.8, 4) is 0 Å². The van der Waals surface area contributed by atoms with Gasteiger partial charge in [0.05, 0.1) is 54.4 Å². The van der Waals surface area contributed by atoms with Crippen molar-refractivity contribution in [1.29, 1.82) is 0 Å². The number of carbonyl (C=O) groups excluding carboxylic acids is 15. The van der Waals surface area contributed by atoms with E-state index in [1.54, 1.807) is 0 Å². The number of ether oxygens (including phenoxy) is 19. The topological polar surface area (TPSA) is 455 Å². The largest absolute Gasteiger partial charge is 0.465 e. The second kappa shape index (κ2) is 36.7.